The number of nitriles is 1. The van der Waals surface area contributed by atoms with Crippen LogP contribution in [0.5, 0.6) is 0 Å². The van der Waals surface area contributed by atoms with Crippen LogP contribution in [-0.2, 0) is 4.79 Å². The lowest BCUT2D eigenvalue weighted by atomic mass is 10.1. The molecule has 23 heavy (non-hydrogen) atoms. The Kier molecular flexibility index (Phi) is 4.77. The van der Waals surface area contributed by atoms with Gasteiger partial charge in [0, 0.05) is 31.3 Å². The number of hydrogen-bond donors (Lipinski definition) is 0. The van der Waals surface area contributed by atoms with Gasteiger partial charge in [-0.05, 0) is 19.1 Å². The summed E-state index contributed by atoms with van der Waals surface area (Å²) in [5.41, 5.74) is 1.44. The van der Waals surface area contributed by atoms with Gasteiger partial charge < -0.3 is 9.32 Å². The normalized spacial score (nSPS) is 11.0. The maximum absolute atomic E-state index is 11.8. The molecule has 1 heterocycles. The molecular weight excluding hydrogens is 292 g/mol. The van der Waals surface area contributed by atoms with Gasteiger partial charge in [-0.2, -0.15) is 5.26 Å². The van der Waals surface area contributed by atoms with Crippen molar-refractivity contribution in [1.29, 1.82) is 5.26 Å². The fraction of sp³-hybridized carbons (Fsp3) is 0.167. The topological polar surface area (TPSA) is 74.3 Å². The number of carbonyl (C=O) groups is 2. The molecule has 1 aromatic heterocycles. The van der Waals surface area contributed by atoms with Crippen molar-refractivity contribution in [3.8, 4) is 17.4 Å². The Balaban J connectivity index is 2.28. The molecule has 2 rings (SSSR count). The number of ketones is 1. The summed E-state index contributed by atoms with van der Waals surface area (Å²) in [4.78, 5) is 24.4. The molecule has 5 nitrogen and oxygen atoms in total. The average molecular weight is 308 g/mol. The third-order valence-corrected chi connectivity index (χ3v) is 3.25. The average Bonchev–Trinajstić information content (AvgIpc) is 3.00. The number of carbonyl (C=O) groups excluding carboxylic acids is 2. The van der Waals surface area contributed by atoms with Crippen LogP contribution >= 0.6 is 0 Å². The SMILES string of the molecule is CC(=O)c1ccc(-c2ccc(/C=C(/C#N)C(=O)N(C)C)o2)cc1. The van der Waals surface area contributed by atoms with Crippen molar-refractivity contribution in [1.82, 2.24) is 4.90 Å². The van der Waals surface area contributed by atoms with E-state index in [0.29, 0.717) is 17.1 Å². The van der Waals surface area contributed by atoms with Crippen molar-refractivity contribution >= 4 is 17.8 Å². The standard InChI is InChI=1S/C18H16N2O3/c1-12(21)13-4-6-14(7-5-13)17-9-8-16(23-17)10-15(11-19)18(22)20(2)3/h4-10H,1-3H3/b15-10-. The summed E-state index contributed by atoms with van der Waals surface area (Å²) in [6, 6.07) is 12.4. The smallest absolute Gasteiger partial charge is 0.264 e. The van der Waals surface area contributed by atoms with Gasteiger partial charge in [-0.3, -0.25) is 9.59 Å². The Morgan fingerprint density at radius 2 is 1.78 bits per heavy atom. The number of Topliss-reactive ketones (excluding diaryl/α,β-unsaturated/α-hetero) is 1. The second-order valence-electron chi connectivity index (χ2n) is 5.20. The Morgan fingerprint density at radius 3 is 2.30 bits per heavy atom. The molecule has 0 aliphatic carbocycles. The molecule has 0 aliphatic rings. The molecule has 1 amide bonds. The van der Waals surface area contributed by atoms with Crippen LogP contribution in [0.2, 0.25) is 0 Å². The van der Waals surface area contributed by atoms with Crippen molar-refractivity contribution in [2.45, 2.75) is 6.92 Å². The maximum Gasteiger partial charge on any atom is 0.264 e. The lowest BCUT2D eigenvalue weighted by Crippen LogP contribution is -2.22. The predicted octanol–water partition coefficient (Wildman–Crippen LogP) is 3.14. The predicted molar refractivity (Wildman–Crippen MR) is 86.4 cm³/mol. The van der Waals surface area contributed by atoms with Crippen LogP contribution in [0.25, 0.3) is 17.4 Å². The van der Waals surface area contributed by atoms with E-state index < -0.39 is 0 Å². The first-order chi connectivity index (χ1) is 10.9. The van der Waals surface area contributed by atoms with Gasteiger partial charge in [0.05, 0.1) is 0 Å². The highest BCUT2D eigenvalue weighted by Gasteiger charge is 2.12. The molecule has 0 radical (unpaired) electrons. The Bertz CT molecular complexity index is 806. The zero-order chi connectivity index (χ0) is 17.0. The molecule has 0 spiro atoms. The third kappa shape index (κ3) is 3.74. The van der Waals surface area contributed by atoms with E-state index in [9.17, 15) is 9.59 Å². The Labute approximate surface area is 134 Å². The lowest BCUT2D eigenvalue weighted by Gasteiger charge is -2.07. The van der Waals surface area contributed by atoms with E-state index in [1.54, 1.807) is 50.5 Å². The summed E-state index contributed by atoms with van der Waals surface area (Å²) in [6.07, 6.45) is 1.41. The van der Waals surface area contributed by atoms with Gasteiger partial charge in [-0.25, -0.2) is 0 Å². The van der Waals surface area contributed by atoms with Crippen LogP contribution in [0.15, 0.2) is 46.4 Å². The molecule has 1 aromatic carbocycles. The van der Waals surface area contributed by atoms with Crippen LogP contribution in [0, 0.1) is 11.3 Å². The van der Waals surface area contributed by atoms with E-state index in [0.717, 1.165) is 5.56 Å². The molecular formula is C18H16N2O3. The number of furan rings is 1. The van der Waals surface area contributed by atoms with E-state index in [-0.39, 0.29) is 17.3 Å². The van der Waals surface area contributed by atoms with Gasteiger partial charge in [0.25, 0.3) is 5.91 Å². The van der Waals surface area contributed by atoms with Crippen LogP contribution in [0.1, 0.15) is 23.0 Å². The Morgan fingerprint density at radius 1 is 1.13 bits per heavy atom. The second-order valence-corrected chi connectivity index (χ2v) is 5.20. The number of hydrogen-bond acceptors (Lipinski definition) is 4. The minimum Gasteiger partial charge on any atom is -0.457 e. The number of rotatable bonds is 4. The van der Waals surface area contributed by atoms with E-state index >= 15 is 0 Å². The fourth-order valence-corrected chi connectivity index (χ4v) is 1.98. The summed E-state index contributed by atoms with van der Waals surface area (Å²) in [7, 11) is 3.16. The Hall–Kier alpha value is -3.13. The summed E-state index contributed by atoms with van der Waals surface area (Å²) >= 11 is 0. The molecule has 0 saturated carbocycles. The molecule has 0 fully saturated rings. The third-order valence-electron chi connectivity index (χ3n) is 3.25. The van der Waals surface area contributed by atoms with Crippen LogP contribution in [0.3, 0.4) is 0 Å². The highest BCUT2D eigenvalue weighted by molar-refractivity contribution is 6.01. The first kappa shape index (κ1) is 16.2. The molecule has 0 unspecified atom stereocenters. The van der Waals surface area contributed by atoms with Gasteiger partial charge in [0.15, 0.2) is 5.78 Å². The van der Waals surface area contributed by atoms with E-state index in [2.05, 4.69) is 0 Å². The van der Waals surface area contributed by atoms with Crippen molar-refractivity contribution in [3.05, 3.63) is 53.3 Å². The highest BCUT2D eigenvalue weighted by Crippen LogP contribution is 2.24. The number of amides is 1. The zero-order valence-corrected chi connectivity index (χ0v) is 13.2. The summed E-state index contributed by atoms with van der Waals surface area (Å²) < 4.78 is 5.65. The molecule has 0 atom stereocenters. The molecule has 5 heteroatoms. The minimum absolute atomic E-state index is 0.000442. The van der Waals surface area contributed by atoms with Crippen molar-refractivity contribution in [3.63, 3.8) is 0 Å². The summed E-state index contributed by atoms with van der Waals surface area (Å²) in [5.74, 6) is 0.639. The number of benzene rings is 1. The van der Waals surface area contributed by atoms with Crippen LogP contribution in [-0.4, -0.2) is 30.7 Å². The largest absolute Gasteiger partial charge is 0.457 e. The number of likely N-dealkylation sites (N-methyl/N-ethyl adjacent to an activating group) is 1. The molecule has 0 bridgehead atoms. The van der Waals surface area contributed by atoms with E-state index in [1.165, 1.54) is 17.9 Å². The van der Waals surface area contributed by atoms with Gasteiger partial charge in [-0.1, -0.05) is 24.3 Å². The summed E-state index contributed by atoms with van der Waals surface area (Å²) in [5, 5.41) is 9.07. The first-order valence-electron chi connectivity index (χ1n) is 6.97. The van der Waals surface area contributed by atoms with Crippen molar-refractivity contribution < 1.29 is 14.0 Å². The van der Waals surface area contributed by atoms with Gasteiger partial charge in [0.2, 0.25) is 0 Å². The maximum atomic E-state index is 11.8. The lowest BCUT2D eigenvalue weighted by molar-refractivity contribution is -0.124. The minimum atomic E-state index is -0.378. The highest BCUT2D eigenvalue weighted by atomic mass is 16.3. The van der Waals surface area contributed by atoms with E-state index in [1.807, 2.05) is 6.07 Å². The van der Waals surface area contributed by atoms with Gasteiger partial charge in [0.1, 0.15) is 23.2 Å². The van der Waals surface area contributed by atoms with Gasteiger partial charge in [-0.15, -0.1) is 0 Å². The van der Waals surface area contributed by atoms with E-state index in [4.69, 9.17) is 9.68 Å². The van der Waals surface area contributed by atoms with Gasteiger partial charge >= 0.3 is 0 Å². The molecule has 116 valence electrons. The summed E-state index contributed by atoms with van der Waals surface area (Å²) in [6.45, 7) is 1.51. The molecule has 0 saturated heterocycles. The van der Waals surface area contributed by atoms with Crippen LogP contribution in [0.4, 0.5) is 0 Å². The first-order valence-corrected chi connectivity index (χ1v) is 6.97. The second kappa shape index (κ2) is 6.75. The molecule has 0 aliphatic heterocycles. The monoisotopic (exact) mass is 308 g/mol. The fourth-order valence-electron chi connectivity index (χ4n) is 1.98. The quantitative estimate of drug-likeness (QED) is 0.494. The van der Waals surface area contributed by atoms with Crippen molar-refractivity contribution in [2.75, 3.05) is 14.1 Å². The molecule has 2 aromatic rings. The zero-order valence-electron chi connectivity index (χ0n) is 13.2. The molecule has 0 N–H and O–H groups in total. The van der Waals surface area contributed by atoms with Crippen molar-refractivity contribution in [2.24, 2.45) is 0 Å². The number of nitrogens with zero attached hydrogens (tertiary/aromatic N) is 2. The van der Waals surface area contributed by atoms with Crippen LogP contribution < -0.4 is 0 Å².